The third-order valence-corrected chi connectivity index (χ3v) is 7.13. The van der Waals surface area contributed by atoms with Crippen LogP contribution >= 0.6 is 11.8 Å². The van der Waals surface area contributed by atoms with Crippen molar-refractivity contribution in [2.45, 2.75) is 108 Å². The minimum atomic E-state index is 0.462. The summed E-state index contributed by atoms with van der Waals surface area (Å²) >= 11 is 2.07. The van der Waals surface area contributed by atoms with Gasteiger partial charge in [0.25, 0.3) is 0 Å². The van der Waals surface area contributed by atoms with Gasteiger partial charge in [-0.25, -0.2) is 0 Å². The molecule has 0 saturated heterocycles. The lowest BCUT2D eigenvalue weighted by Gasteiger charge is -2.32. The predicted octanol–water partition coefficient (Wildman–Crippen LogP) is 6.17. The highest BCUT2D eigenvalue weighted by Crippen LogP contribution is 2.30. The van der Waals surface area contributed by atoms with Crippen molar-refractivity contribution in [1.82, 2.24) is 5.32 Å². The molecular weight excluding hydrogens is 274 g/mol. The van der Waals surface area contributed by atoms with Gasteiger partial charge in [0.1, 0.15) is 0 Å². The fourth-order valence-corrected chi connectivity index (χ4v) is 4.36. The fourth-order valence-electron chi connectivity index (χ4n) is 3.56. The van der Waals surface area contributed by atoms with Crippen LogP contribution in [-0.4, -0.2) is 23.6 Å². The summed E-state index contributed by atoms with van der Waals surface area (Å²) in [5, 5.41) is 3.95. The van der Waals surface area contributed by atoms with E-state index in [2.05, 4.69) is 37.2 Å². The summed E-state index contributed by atoms with van der Waals surface area (Å²) < 4.78 is 0.462. The zero-order valence-corrected chi connectivity index (χ0v) is 15.7. The largest absolute Gasteiger partial charge is 0.313 e. The van der Waals surface area contributed by atoms with Crippen LogP contribution in [0.5, 0.6) is 0 Å². The van der Waals surface area contributed by atoms with Crippen LogP contribution in [0.1, 0.15) is 97.3 Å². The van der Waals surface area contributed by atoms with Gasteiger partial charge in [0.05, 0.1) is 0 Å². The van der Waals surface area contributed by atoms with Crippen LogP contribution in [0.15, 0.2) is 0 Å². The fraction of sp³-hybridized carbons (Fsp3) is 1.00. The lowest BCUT2D eigenvalue weighted by atomic mass is 9.96. The van der Waals surface area contributed by atoms with E-state index in [0.717, 1.165) is 6.04 Å². The molecule has 21 heavy (non-hydrogen) atoms. The maximum atomic E-state index is 3.95. The second-order valence-corrected chi connectivity index (χ2v) is 8.21. The van der Waals surface area contributed by atoms with E-state index in [0.29, 0.717) is 4.75 Å². The predicted molar refractivity (Wildman–Crippen MR) is 99.4 cm³/mol. The maximum absolute atomic E-state index is 3.95. The molecule has 2 heteroatoms. The summed E-state index contributed by atoms with van der Waals surface area (Å²) in [5.41, 5.74) is 0. The number of hydrogen-bond donors (Lipinski definition) is 1. The van der Waals surface area contributed by atoms with Gasteiger partial charge < -0.3 is 5.32 Å². The molecule has 0 aromatic rings. The minimum Gasteiger partial charge on any atom is -0.313 e. The van der Waals surface area contributed by atoms with E-state index in [1.165, 1.54) is 90.0 Å². The molecule has 1 rings (SSSR count). The first-order valence-electron chi connectivity index (χ1n) is 9.55. The molecule has 0 radical (unpaired) electrons. The van der Waals surface area contributed by atoms with Crippen LogP contribution in [0, 0.1) is 0 Å². The molecule has 0 bridgehead atoms. The number of thioether (sulfide) groups is 1. The van der Waals surface area contributed by atoms with Crippen molar-refractivity contribution in [2.24, 2.45) is 0 Å². The molecular formula is C19H39NS. The Hall–Kier alpha value is 0.310. The van der Waals surface area contributed by atoms with Crippen molar-refractivity contribution in [1.29, 1.82) is 0 Å². The zero-order chi connectivity index (χ0) is 15.4. The van der Waals surface area contributed by atoms with Crippen molar-refractivity contribution in [3.05, 3.63) is 0 Å². The molecule has 126 valence electrons. The molecule has 0 spiro atoms. The van der Waals surface area contributed by atoms with E-state index in [1.807, 2.05) is 0 Å². The van der Waals surface area contributed by atoms with Gasteiger partial charge in [0.15, 0.2) is 0 Å². The second-order valence-electron chi connectivity index (χ2n) is 6.93. The van der Waals surface area contributed by atoms with E-state index in [-0.39, 0.29) is 0 Å². The number of hydrogen-bond acceptors (Lipinski definition) is 2. The third kappa shape index (κ3) is 7.93. The lowest BCUT2D eigenvalue weighted by molar-refractivity contribution is 0.377. The Morgan fingerprint density at radius 2 is 1.24 bits per heavy atom. The van der Waals surface area contributed by atoms with Crippen LogP contribution in [0.3, 0.4) is 0 Å². The minimum absolute atomic E-state index is 0.462. The molecule has 0 aliphatic heterocycles. The number of rotatable bonds is 6. The van der Waals surface area contributed by atoms with Gasteiger partial charge in [-0.3, -0.25) is 0 Å². The summed E-state index contributed by atoms with van der Waals surface area (Å²) in [5.74, 6) is 0. The monoisotopic (exact) mass is 313 g/mol. The highest BCUT2D eigenvalue weighted by atomic mass is 32.2. The molecule has 1 aliphatic carbocycles. The smallest absolute Gasteiger partial charge is 0.0276 e. The molecule has 1 N–H and O–H groups in total. The first-order chi connectivity index (χ1) is 10.3. The normalized spacial score (nSPS) is 20.7. The topological polar surface area (TPSA) is 12.0 Å². The molecule has 1 fully saturated rings. The van der Waals surface area contributed by atoms with E-state index < -0.39 is 0 Å². The van der Waals surface area contributed by atoms with Gasteiger partial charge in [-0.2, -0.15) is 11.8 Å². The van der Waals surface area contributed by atoms with Crippen LogP contribution in [-0.2, 0) is 0 Å². The highest BCUT2D eigenvalue weighted by molar-refractivity contribution is 8.00. The molecule has 1 saturated carbocycles. The zero-order valence-electron chi connectivity index (χ0n) is 14.9. The highest BCUT2D eigenvalue weighted by Gasteiger charge is 2.25. The van der Waals surface area contributed by atoms with Crippen LogP contribution in [0.4, 0.5) is 0 Å². The van der Waals surface area contributed by atoms with Crippen molar-refractivity contribution in [3.8, 4) is 0 Å². The first kappa shape index (κ1) is 19.4. The van der Waals surface area contributed by atoms with Gasteiger partial charge in [0.2, 0.25) is 0 Å². The maximum Gasteiger partial charge on any atom is 0.0276 e. The van der Waals surface area contributed by atoms with Crippen molar-refractivity contribution >= 4 is 11.8 Å². The van der Waals surface area contributed by atoms with Gasteiger partial charge in [-0.1, -0.05) is 71.6 Å². The SMILES string of the molecule is CCC(CC)(CNC1CCCCCCCCCCC1)SC. The number of nitrogens with one attached hydrogen (secondary N) is 1. The summed E-state index contributed by atoms with van der Waals surface area (Å²) in [4.78, 5) is 0. The summed E-state index contributed by atoms with van der Waals surface area (Å²) in [6.45, 7) is 5.90. The molecule has 0 amide bonds. The molecule has 1 nitrogen and oxygen atoms in total. The van der Waals surface area contributed by atoms with Gasteiger partial charge >= 0.3 is 0 Å². The average molecular weight is 314 g/mol. The molecule has 1 aliphatic rings. The Labute approximate surface area is 138 Å². The van der Waals surface area contributed by atoms with Gasteiger partial charge in [-0.05, 0) is 31.9 Å². The van der Waals surface area contributed by atoms with Crippen LogP contribution in [0.2, 0.25) is 0 Å². The molecule has 0 aromatic heterocycles. The molecule has 0 unspecified atom stereocenters. The standard InChI is InChI=1S/C19H39NS/c1-4-19(5-2,21-3)17-20-18-15-13-11-9-7-6-8-10-12-14-16-18/h18,20H,4-17H2,1-3H3. The first-order valence-corrected chi connectivity index (χ1v) is 10.8. The summed E-state index contributed by atoms with van der Waals surface area (Å²) in [7, 11) is 0. The quantitative estimate of drug-likeness (QED) is 0.629. The molecule has 0 atom stereocenters. The lowest BCUT2D eigenvalue weighted by Crippen LogP contribution is -2.41. The Morgan fingerprint density at radius 3 is 1.62 bits per heavy atom. The van der Waals surface area contributed by atoms with Crippen molar-refractivity contribution in [2.75, 3.05) is 12.8 Å². The molecule has 0 aromatic carbocycles. The molecule has 0 heterocycles. The Balaban J connectivity index is 2.40. The average Bonchev–Trinajstić information content (AvgIpc) is 2.51. The second kappa shape index (κ2) is 11.8. The van der Waals surface area contributed by atoms with Crippen molar-refractivity contribution in [3.63, 3.8) is 0 Å². The van der Waals surface area contributed by atoms with E-state index in [1.54, 1.807) is 0 Å². The van der Waals surface area contributed by atoms with Crippen molar-refractivity contribution < 1.29 is 0 Å². The van der Waals surface area contributed by atoms with Gasteiger partial charge in [-0.15, -0.1) is 0 Å². The van der Waals surface area contributed by atoms with E-state index >= 15 is 0 Å². The summed E-state index contributed by atoms with van der Waals surface area (Å²) in [6.07, 6.45) is 20.8. The van der Waals surface area contributed by atoms with E-state index in [9.17, 15) is 0 Å². The van der Waals surface area contributed by atoms with Gasteiger partial charge in [0, 0.05) is 17.3 Å². The Morgan fingerprint density at radius 1 is 0.810 bits per heavy atom. The van der Waals surface area contributed by atoms with Crippen LogP contribution in [0.25, 0.3) is 0 Å². The third-order valence-electron chi connectivity index (χ3n) is 5.54. The Kier molecular flexibility index (Phi) is 10.9. The van der Waals surface area contributed by atoms with E-state index in [4.69, 9.17) is 0 Å². The van der Waals surface area contributed by atoms with Crippen LogP contribution < -0.4 is 5.32 Å². The Bertz CT molecular complexity index is 217. The summed E-state index contributed by atoms with van der Waals surface area (Å²) in [6, 6.07) is 0.772.